The smallest absolute Gasteiger partial charge is 0.274 e. The van der Waals surface area contributed by atoms with Gasteiger partial charge in [0, 0.05) is 24.1 Å². The zero-order valence-corrected chi connectivity index (χ0v) is 16.4. The number of rotatable bonds is 2. The molecule has 1 aromatic carbocycles. The Kier molecular flexibility index (Phi) is 3.57. The molecule has 2 fully saturated rings. The molecule has 2 aromatic rings. The molecule has 0 N–H and O–H groups in total. The SMILES string of the molecule is CC1(C)[C@@H]2CC[C@]1(C)c1c2c(C(=O)N2CCOCC2)nn1-c1ccccc1. The highest BCUT2D eigenvalue weighted by Gasteiger charge is 2.63. The van der Waals surface area contributed by atoms with E-state index in [1.807, 2.05) is 23.1 Å². The lowest BCUT2D eigenvalue weighted by Crippen LogP contribution is -2.41. The van der Waals surface area contributed by atoms with Crippen LogP contribution in [0.2, 0.25) is 0 Å². The summed E-state index contributed by atoms with van der Waals surface area (Å²) in [5.74, 6) is 0.464. The Bertz CT molecular complexity index is 896. The van der Waals surface area contributed by atoms with Gasteiger partial charge in [0.1, 0.15) is 0 Å². The van der Waals surface area contributed by atoms with Gasteiger partial charge in [-0.05, 0) is 36.3 Å². The molecule has 1 amide bonds. The molecule has 1 saturated heterocycles. The van der Waals surface area contributed by atoms with Crippen LogP contribution in [0.15, 0.2) is 30.3 Å². The second-order valence-electron chi connectivity index (χ2n) is 8.91. The number of amides is 1. The molecule has 1 aliphatic heterocycles. The molecule has 0 radical (unpaired) electrons. The van der Waals surface area contributed by atoms with Crippen molar-refractivity contribution < 1.29 is 9.53 Å². The van der Waals surface area contributed by atoms with Crippen LogP contribution >= 0.6 is 0 Å². The summed E-state index contributed by atoms with van der Waals surface area (Å²) in [5.41, 5.74) is 4.34. The Morgan fingerprint density at radius 2 is 1.85 bits per heavy atom. The van der Waals surface area contributed by atoms with Gasteiger partial charge in [0.2, 0.25) is 0 Å². The van der Waals surface area contributed by atoms with Crippen LogP contribution in [0.5, 0.6) is 0 Å². The predicted molar refractivity (Wildman–Crippen MR) is 103 cm³/mol. The first kappa shape index (κ1) is 17.0. The fourth-order valence-corrected chi connectivity index (χ4v) is 5.55. The summed E-state index contributed by atoms with van der Waals surface area (Å²) in [6.07, 6.45) is 2.29. The van der Waals surface area contributed by atoms with Crippen LogP contribution in [0.25, 0.3) is 5.69 Å². The highest BCUT2D eigenvalue weighted by molar-refractivity contribution is 5.95. The number of carbonyl (C=O) groups excluding carboxylic acids is 1. The molecule has 0 unspecified atom stereocenters. The molecule has 3 aliphatic rings. The monoisotopic (exact) mass is 365 g/mol. The van der Waals surface area contributed by atoms with Gasteiger partial charge in [-0.25, -0.2) is 4.68 Å². The number of fused-ring (bicyclic) bond motifs is 5. The third-order valence-corrected chi connectivity index (χ3v) is 7.52. The number of hydrogen-bond donors (Lipinski definition) is 0. The zero-order chi connectivity index (χ0) is 18.8. The summed E-state index contributed by atoms with van der Waals surface area (Å²) in [6, 6.07) is 10.3. The average Bonchev–Trinajstić information content (AvgIpc) is 3.25. The van der Waals surface area contributed by atoms with Crippen LogP contribution in [0.1, 0.15) is 61.3 Å². The van der Waals surface area contributed by atoms with Gasteiger partial charge in [-0.3, -0.25) is 4.79 Å². The second kappa shape index (κ2) is 5.68. The van der Waals surface area contributed by atoms with Crippen LogP contribution in [0.4, 0.5) is 0 Å². The lowest BCUT2D eigenvalue weighted by atomic mass is 9.70. The number of carbonyl (C=O) groups is 1. The van der Waals surface area contributed by atoms with Crippen molar-refractivity contribution >= 4 is 5.91 Å². The van der Waals surface area contributed by atoms with Gasteiger partial charge in [0.15, 0.2) is 5.69 Å². The van der Waals surface area contributed by atoms with E-state index < -0.39 is 0 Å². The molecular weight excluding hydrogens is 338 g/mol. The van der Waals surface area contributed by atoms with Crippen molar-refractivity contribution in [1.82, 2.24) is 14.7 Å². The van der Waals surface area contributed by atoms with Crippen molar-refractivity contribution in [3.63, 3.8) is 0 Å². The maximum absolute atomic E-state index is 13.4. The molecule has 1 aromatic heterocycles. The third kappa shape index (κ3) is 2.15. The molecule has 5 nitrogen and oxygen atoms in total. The Hall–Kier alpha value is -2.14. The maximum Gasteiger partial charge on any atom is 0.274 e. The highest BCUT2D eigenvalue weighted by Crippen LogP contribution is 2.68. The number of para-hydroxylation sites is 1. The molecule has 2 heterocycles. The van der Waals surface area contributed by atoms with Crippen LogP contribution in [-0.4, -0.2) is 46.9 Å². The van der Waals surface area contributed by atoms with Gasteiger partial charge in [-0.1, -0.05) is 39.0 Å². The quantitative estimate of drug-likeness (QED) is 0.818. The van der Waals surface area contributed by atoms with Gasteiger partial charge in [-0.2, -0.15) is 5.10 Å². The Labute approximate surface area is 160 Å². The van der Waals surface area contributed by atoms with Crippen molar-refractivity contribution in [2.45, 2.75) is 44.9 Å². The standard InChI is InChI=1S/C22H27N3O2/c1-21(2)16-9-10-22(21,3)19-17(16)18(20(26)24-11-13-27-14-12-24)23-25(19)15-7-5-4-6-8-15/h4-8,16H,9-14H2,1-3H3/t16-,22-/m1/s1. The van der Waals surface area contributed by atoms with Gasteiger partial charge < -0.3 is 9.64 Å². The molecule has 2 bridgehead atoms. The second-order valence-corrected chi connectivity index (χ2v) is 8.91. The minimum Gasteiger partial charge on any atom is -0.378 e. The van der Waals surface area contributed by atoms with Crippen LogP contribution in [0, 0.1) is 5.41 Å². The molecule has 0 spiro atoms. The molecule has 1 saturated carbocycles. The van der Waals surface area contributed by atoms with E-state index in [0.29, 0.717) is 37.9 Å². The summed E-state index contributed by atoms with van der Waals surface area (Å²) in [5, 5.41) is 4.91. The van der Waals surface area contributed by atoms with E-state index >= 15 is 0 Å². The number of morpholine rings is 1. The molecule has 27 heavy (non-hydrogen) atoms. The van der Waals surface area contributed by atoms with Crippen LogP contribution in [-0.2, 0) is 10.2 Å². The minimum atomic E-state index is 0.0411. The molecule has 5 heteroatoms. The fourth-order valence-electron chi connectivity index (χ4n) is 5.55. The van der Waals surface area contributed by atoms with Gasteiger partial charge in [-0.15, -0.1) is 0 Å². The third-order valence-electron chi connectivity index (χ3n) is 7.52. The maximum atomic E-state index is 13.4. The number of benzene rings is 1. The van der Waals surface area contributed by atoms with Crippen molar-refractivity contribution in [2.75, 3.05) is 26.3 Å². The summed E-state index contributed by atoms with van der Waals surface area (Å²) < 4.78 is 7.49. The highest BCUT2D eigenvalue weighted by atomic mass is 16.5. The largest absolute Gasteiger partial charge is 0.378 e. The lowest BCUT2D eigenvalue weighted by molar-refractivity contribution is 0.0297. The normalized spacial score (nSPS) is 28.4. The van der Waals surface area contributed by atoms with E-state index in [0.717, 1.165) is 18.5 Å². The predicted octanol–water partition coefficient (Wildman–Crippen LogP) is 3.52. The van der Waals surface area contributed by atoms with E-state index in [1.165, 1.54) is 11.3 Å². The first-order chi connectivity index (χ1) is 12.9. The molecule has 142 valence electrons. The van der Waals surface area contributed by atoms with Crippen molar-refractivity contribution in [2.24, 2.45) is 5.41 Å². The zero-order valence-electron chi connectivity index (χ0n) is 16.4. The van der Waals surface area contributed by atoms with Gasteiger partial charge in [0.25, 0.3) is 5.91 Å². The fraction of sp³-hybridized carbons (Fsp3) is 0.545. The number of ether oxygens (including phenoxy) is 1. The first-order valence-corrected chi connectivity index (χ1v) is 10.0. The summed E-state index contributed by atoms with van der Waals surface area (Å²) >= 11 is 0. The molecule has 5 rings (SSSR count). The molecular formula is C22H27N3O2. The minimum absolute atomic E-state index is 0.0411. The Morgan fingerprint density at radius 1 is 1.15 bits per heavy atom. The molecule has 2 atom stereocenters. The molecule has 2 aliphatic carbocycles. The van der Waals surface area contributed by atoms with Gasteiger partial charge >= 0.3 is 0 Å². The van der Waals surface area contributed by atoms with E-state index in [1.54, 1.807) is 0 Å². The van der Waals surface area contributed by atoms with Gasteiger partial charge in [0.05, 0.1) is 24.6 Å². The van der Waals surface area contributed by atoms with E-state index in [-0.39, 0.29) is 16.7 Å². The van der Waals surface area contributed by atoms with E-state index in [9.17, 15) is 4.79 Å². The van der Waals surface area contributed by atoms with Crippen molar-refractivity contribution in [3.8, 4) is 5.69 Å². The topological polar surface area (TPSA) is 47.4 Å². The summed E-state index contributed by atoms with van der Waals surface area (Å²) in [4.78, 5) is 15.3. The summed E-state index contributed by atoms with van der Waals surface area (Å²) in [6.45, 7) is 9.61. The number of hydrogen-bond acceptors (Lipinski definition) is 3. The van der Waals surface area contributed by atoms with E-state index in [2.05, 4.69) is 37.6 Å². The van der Waals surface area contributed by atoms with E-state index in [4.69, 9.17) is 9.84 Å². The van der Waals surface area contributed by atoms with Crippen LogP contribution in [0.3, 0.4) is 0 Å². The van der Waals surface area contributed by atoms with Crippen molar-refractivity contribution in [1.29, 1.82) is 0 Å². The first-order valence-electron chi connectivity index (χ1n) is 10.0. The Morgan fingerprint density at radius 3 is 2.56 bits per heavy atom. The number of aromatic nitrogens is 2. The Balaban J connectivity index is 1.70. The van der Waals surface area contributed by atoms with Crippen LogP contribution < -0.4 is 0 Å². The van der Waals surface area contributed by atoms with Crippen molar-refractivity contribution in [3.05, 3.63) is 47.3 Å². The number of nitrogens with zero attached hydrogens (tertiary/aromatic N) is 3. The summed E-state index contributed by atoms with van der Waals surface area (Å²) in [7, 11) is 0. The lowest BCUT2D eigenvalue weighted by Gasteiger charge is -2.35. The average molecular weight is 365 g/mol.